The minimum absolute atomic E-state index is 0.256. The van der Waals surface area contributed by atoms with Crippen LogP contribution >= 0.6 is 0 Å². The number of ether oxygens (including phenoxy) is 1. The van der Waals surface area contributed by atoms with Crippen LogP contribution in [0.4, 0.5) is 0 Å². The average Bonchev–Trinajstić information content (AvgIpc) is 2.85. The van der Waals surface area contributed by atoms with E-state index in [1.165, 1.54) is 6.33 Å². The third-order valence-corrected chi connectivity index (χ3v) is 2.76. The van der Waals surface area contributed by atoms with E-state index < -0.39 is 0 Å². The fraction of sp³-hybridized carbons (Fsp3) is 0.462. The molecular formula is C13H19N5O. The number of aromatic nitrogens is 4. The molecule has 6 nitrogen and oxygen atoms in total. The van der Waals surface area contributed by atoms with Crippen molar-refractivity contribution in [3.8, 4) is 5.75 Å². The van der Waals surface area contributed by atoms with Crippen molar-refractivity contribution in [2.75, 3.05) is 0 Å². The zero-order valence-electron chi connectivity index (χ0n) is 11.5. The smallest absolute Gasteiger partial charge is 0.165 e. The monoisotopic (exact) mass is 261 g/mol. The summed E-state index contributed by atoms with van der Waals surface area (Å²) in [5, 5.41) is 4.17. The number of aryl methyl sites for hydroxylation is 1. The first kappa shape index (κ1) is 13.5. The lowest BCUT2D eigenvalue weighted by Crippen LogP contribution is -2.12. The van der Waals surface area contributed by atoms with Crippen molar-refractivity contribution < 1.29 is 4.74 Å². The highest BCUT2D eigenvalue weighted by Gasteiger charge is 2.10. The SMILES string of the molecule is Cc1ccc(OCc2ncnn2C(C)C)c(CN)n1. The summed E-state index contributed by atoms with van der Waals surface area (Å²) >= 11 is 0. The Morgan fingerprint density at radius 2 is 2.16 bits per heavy atom. The van der Waals surface area contributed by atoms with Crippen LogP contribution in [0.15, 0.2) is 18.5 Å². The van der Waals surface area contributed by atoms with Crippen LogP contribution in [0.1, 0.15) is 37.1 Å². The lowest BCUT2D eigenvalue weighted by atomic mass is 10.3. The van der Waals surface area contributed by atoms with Crippen molar-refractivity contribution >= 4 is 0 Å². The molecule has 6 heteroatoms. The van der Waals surface area contributed by atoms with E-state index >= 15 is 0 Å². The van der Waals surface area contributed by atoms with Crippen LogP contribution < -0.4 is 10.5 Å². The van der Waals surface area contributed by atoms with Gasteiger partial charge in [0.15, 0.2) is 5.82 Å². The summed E-state index contributed by atoms with van der Waals surface area (Å²) in [7, 11) is 0. The Morgan fingerprint density at radius 1 is 1.37 bits per heavy atom. The maximum Gasteiger partial charge on any atom is 0.165 e. The van der Waals surface area contributed by atoms with Crippen LogP contribution in [0.3, 0.4) is 0 Å². The Hall–Kier alpha value is -1.95. The summed E-state index contributed by atoms with van der Waals surface area (Å²) in [6.45, 7) is 6.75. The van der Waals surface area contributed by atoms with Gasteiger partial charge in [0.25, 0.3) is 0 Å². The van der Waals surface area contributed by atoms with Gasteiger partial charge in [0.2, 0.25) is 0 Å². The molecule has 2 aromatic rings. The maximum atomic E-state index is 5.75. The molecule has 0 saturated carbocycles. The molecule has 0 saturated heterocycles. The molecule has 0 unspecified atom stereocenters. The van der Waals surface area contributed by atoms with Gasteiger partial charge < -0.3 is 10.5 Å². The van der Waals surface area contributed by atoms with Gasteiger partial charge in [0, 0.05) is 18.3 Å². The lowest BCUT2D eigenvalue weighted by Gasteiger charge is -2.12. The number of pyridine rings is 1. The molecule has 2 N–H and O–H groups in total. The van der Waals surface area contributed by atoms with Gasteiger partial charge >= 0.3 is 0 Å². The zero-order valence-corrected chi connectivity index (χ0v) is 11.5. The number of rotatable bonds is 5. The van der Waals surface area contributed by atoms with E-state index in [9.17, 15) is 0 Å². The summed E-state index contributed by atoms with van der Waals surface area (Å²) in [6, 6.07) is 4.05. The van der Waals surface area contributed by atoms with E-state index in [2.05, 4.69) is 28.9 Å². The van der Waals surface area contributed by atoms with Crippen LogP contribution in [-0.4, -0.2) is 19.7 Å². The molecule has 19 heavy (non-hydrogen) atoms. The molecule has 2 rings (SSSR count). The van der Waals surface area contributed by atoms with E-state index in [1.807, 2.05) is 23.7 Å². The largest absolute Gasteiger partial charge is 0.484 e. The van der Waals surface area contributed by atoms with E-state index in [1.54, 1.807) is 0 Å². The number of nitrogens with zero attached hydrogens (tertiary/aromatic N) is 4. The molecule has 0 fully saturated rings. The maximum absolute atomic E-state index is 5.75. The molecule has 0 atom stereocenters. The lowest BCUT2D eigenvalue weighted by molar-refractivity contribution is 0.278. The van der Waals surface area contributed by atoms with Gasteiger partial charge in [0.05, 0.1) is 5.69 Å². The van der Waals surface area contributed by atoms with Crippen LogP contribution in [0.2, 0.25) is 0 Å². The quantitative estimate of drug-likeness (QED) is 0.884. The Kier molecular flexibility index (Phi) is 4.11. The first-order valence-corrected chi connectivity index (χ1v) is 6.29. The second-order valence-corrected chi connectivity index (χ2v) is 4.60. The molecule has 0 bridgehead atoms. The van der Waals surface area contributed by atoms with Crippen molar-refractivity contribution in [2.24, 2.45) is 5.73 Å². The van der Waals surface area contributed by atoms with Gasteiger partial charge in [-0.1, -0.05) is 0 Å². The molecule has 0 aliphatic rings. The first-order chi connectivity index (χ1) is 9.11. The van der Waals surface area contributed by atoms with Crippen LogP contribution in [0, 0.1) is 6.92 Å². The van der Waals surface area contributed by atoms with Crippen LogP contribution in [0.25, 0.3) is 0 Å². The number of hydrogen-bond donors (Lipinski definition) is 1. The minimum Gasteiger partial charge on any atom is -0.484 e. The van der Waals surface area contributed by atoms with Gasteiger partial charge in [-0.2, -0.15) is 5.10 Å². The van der Waals surface area contributed by atoms with E-state index in [4.69, 9.17) is 10.5 Å². The minimum atomic E-state index is 0.256. The second kappa shape index (κ2) is 5.79. The molecule has 0 aromatic carbocycles. The van der Waals surface area contributed by atoms with Gasteiger partial charge in [-0.15, -0.1) is 0 Å². The van der Waals surface area contributed by atoms with Crippen molar-refractivity contribution in [3.63, 3.8) is 0 Å². The number of nitrogens with two attached hydrogens (primary N) is 1. The summed E-state index contributed by atoms with van der Waals surface area (Å²) in [6.07, 6.45) is 1.54. The average molecular weight is 261 g/mol. The fourth-order valence-corrected chi connectivity index (χ4v) is 1.83. The topological polar surface area (TPSA) is 78.9 Å². The molecule has 2 aromatic heterocycles. The first-order valence-electron chi connectivity index (χ1n) is 6.29. The van der Waals surface area contributed by atoms with Gasteiger partial charge in [-0.25, -0.2) is 9.67 Å². The van der Waals surface area contributed by atoms with Crippen LogP contribution in [0.5, 0.6) is 5.75 Å². The van der Waals surface area contributed by atoms with E-state index in [0.717, 1.165) is 17.2 Å². The molecule has 0 spiro atoms. The molecule has 0 radical (unpaired) electrons. The predicted molar refractivity (Wildman–Crippen MR) is 71.6 cm³/mol. The molecule has 2 heterocycles. The molecule has 0 aliphatic carbocycles. The number of hydrogen-bond acceptors (Lipinski definition) is 5. The van der Waals surface area contributed by atoms with Crippen molar-refractivity contribution in [1.29, 1.82) is 0 Å². The molecule has 0 aliphatic heterocycles. The molecular weight excluding hydrogens is 242 g/mol. The highest BCUT2D eigenvalue weighted by molar-refractivity contribution is 5.29. The Labute approximate surface area is 112 Å². The highest BCUT2D eigenvalue weighted by atomic mass is 16.5. The Balaban J connectivity index is 2.12. The highest BCUT2D eigenvalue weighted by Crippen LogP contribution is 2.18. The van der Waals surface area contributed by atoms with Crippen molar-refractivity contribution in [1.82, 2.24) is 19.7 Å². The third-order valence-electron chi connectivity index (χ3n) is 2.76. The van der Waals surface area contributed by atoms with E-state index in [-0.39, 0.29) is 6.04 Å². The second-order valence-electron chi connectivity index (χ2n) is 4.60. The van der Waals surface area contributed by atoms with Crippen molar-refractivity contribution in [3.05, 3.63) is 35.7 Å². The summed E-state index contributed by atoms with van der Waals surface area (Å²) in [4.78, 5) is 8.56. The summed E-state index contributed by atoms with van der Waals surface area (Å²) in [5.41, 5.74) is 7.36. The van der Waals surface area contributed by atoms with Gasteiger partial charge in [-0.3, -0.25) is 4.98 Å². The third kappa shape index (κ3) is 3.08. The fourth-order valence-electron chi connectivity index (χ4n) is 1.83. The predicted octanol–water partition coefficient (Wildman–Crippen LogP) is 1.60. The van der Waals surface area contributed by atoms with Crippen LogP contribution in [-0.2, 0) is 13.2 Å². The summed E-state index contributed by atoms with van der Waals surface area (Å²) in [5.74, 6) is 1.49. The molecule has 102 valence electrons. The Bertz CT molecular complexity index is 550. The normalized spacial score (nSPS) is 11.0. The Morgan fingerprint density at radius 3 is 2.84 bits per heavy atom. The van der Waals surface area contributed by atoms with Gasteiger partial charge in [-0.05, 0) is 32.9 Å². The van der Waals surface area contributed by atoms with E-state index in [0.29, 0.717) is 18.9 Å². The van der Waals surface area contributed by atoms with Crippen molar-refractivity contribution in [2.45, 2.75) is 40.0 Å². The van der Waals surface area contributed by atoms with Gasteiger partial charge in [0.1, 0.15) is 18.7 Å². The standard InChI is InChI=1S/C13H19N5O/c1-9(2)18-13(15-8-16-18)7-19-12-5-4-10(3)17-11(12)6-14/h4-5,8-9H,6-7,14H2,1-3H3. The molecule has 0 amide bonds. The summed E-state index contributed by atoms with van der Waals surface area (Å²) < 4.78 is 7.59. The zero-order chi connectivity index (χ0) is 13.8.